The summed E-state index contributed by atoms with van der Waals surface area (Å²) >= 11 is 0. The third-order valence-corrected chi connectivity index (χ3v) is 4.39. The van der Waals surface area contributed by atoms with E-state index in [1.807, 2.05) is 0 Å². The van der Waals surface area contributed by atoms with Crippen LogP contribution < -0.4 is 0 Å². The molecule has 0 saturated carbocycles. The topological polar surface area (TPSA) is 15.8 Å². The quantitative estimate of drug-likeness (QED) is 0.350. The van der Waals surface area contributed by atoms with Crippen molar-refractivity contribution in [1.82, 2.24) is 4.98 Å². The molecule has 0 aliphatic heterocycles. The molecule has 0 aliphatic carbocycles. The van der Waals surface area contributed by atoms with Crippen LogP contribution in [0.25, 0.3) is 43.4 Å². The van der Waals surface area contributed by atoms with Gasteiger partial charge < -0.3 is 4.98 Å². The Morgan fingerprint density at radius 1 is 0.476 bits per heavy atom. The molecule has 1 nitrogen and oxygen atoms in total. The molecule has 0 unspecified atom stereocenters. The van der Waals surface area contributed by atoms with E-state index in [2.05, 4.69) is 77.8 Å². The largest absolute Gasteiger partial charge is 0.354 e. The highest BCUT2D eigenvalue weighted by molar-refractivity contribution is 6.24. The number of rotatable bonds is 0. The Morgan fingerprint density at radius 2 is 1.24 bits per heavy atom. The van der Waals surface area contributed by atoms with Gasteiger partial charge in [-0.25, -0.2) is 0 Å². The molecule has 98 valence electrons. The molecule has 1 heterocycles. The van der Waals surface area contributed by atoms with Crippen molar-refractivity contribution < 1.29 is 0 Å². The van der Waals surface area contributed by atoms with Gasteiger partial charge in [0.25, 0.3) is 0 Å². The minimum absolute atomic E-state index is 1.20. The van der Waals surface area contributed by atoms with Crippen LogP contribution in [-0.2, 0) is 0 Å². The van der Waals surface area contributed by atoms with E-state index >= 15 is 0 Å². The molecule has 1 heteroatoms. The average Bonchev–Trinajstić information content (AvgIpc) is 2.93. The van der Waals surface area contributed by atoms with Crippen molar-refractivity contribution in [3.63, 3.8) is 0 Å². The van der Waals surface area contributed by atoms with E-state index in [0.717, 1.165) is 0 Å². The molecule has 4 aromatic carbocycles. The summed E-state index contributed by atoms with van der Waals surface area (Å²) in [4.78, 5) is 3.52. The van der Waals surface area contributed by atoms with E-state index in [9.17, 15) is 0 Å². The van der Waals surface area contributed by atoms with Crippen molar-refractivity contribution in [2.24, 2.45) is 0 Å². The highest BCUT2D eigenvalue weighted by atomic mass is 14.7. The predicted molar refractivity (Wildman–Crippen MR) is 90.8 cm³/mol. The molecule has 21 heavy (non-hydrogen) atoms. The minimum Gasteiger partial charge on any atom is -0.354 e. The molecule has 0 amide bonds. The number of fused-ring (bicyclic) bond motifs is 7. The molecule has 0 atom stereocenters. The standard InChI is InChI=1S/C20H13N/c1-2-6-14-13(5-1)9-10-16-15(14)11-12-19-20(16)17-7-3-4-8-18(17)21-19/h1-12,21H. The first-order chi connectivity index (χ1) is 10.4. The van der Waals surface area contributed by atoms with Gasteiger partial charge in [-0.15, -0.1) is 0 Å². The fourth-order valence-electron chi connectivity index (χ4n) is 3.44. The fourth-order valence-corrected chi connectivity index (χ4v) is 3.44. The summed E-state index contributed by atoms with van der Waals surface area (Å²) in [5, 5.41) is 7.89. The maximum atomic E-state index is 3.52. The molecule has 0 radical (unpaired) electrons. The lowest BCUT2D eigenvalue weighted by Crippen LogP contribution is -1.78. The maximum absolute atomic E-state index is 3.52. The van der Waals surface area contributed by atoms with Gasteiger partial charge in [-0.2, -0.15) is 0 Å². The number of para-hydroxylation sites is 1. The van der Waals surface area contributed by atoms with Crippen LogP contribution in [0.4, 0.5) is 0 Å². The molecule has 0 fully saturated rings. The van der Waals surface area contributed by atoms with Gasteiger partial charge >= 0.3 is 0 Å². The summed E-state index contributed by atoms with van der Waals surface area (Å²) in [6, 6.07) is 26.0. The van der Waals surface area contributed by atoms with Crippen LogP contribution in [-0.4, -0.2) is 4.98 Å². The first-order valence-corrected chi connectivity index (χ1v) is 7.23. The number of hydrogen-bond acceptors (Lipinski definition) is 0. The van der Waals surface area contributed by atoms with Crippen LogP contribution in [0.5, 0.6) is 0 Å². The summed E-state index contributed by atoms with van der Waals surface area (Å²) in [5.74, 6) is 0. The van der Waals surface area contributed by atoms with Crippen molar-refractivity contribution in [1.29, 1.82) is 0 Å². The van der Waals surface area contributed by atoms with E-state index in [0.29, 0.717) is 0 Å². The van der Waals surface area contributed by atoms with E-state index in [1.165, 1.54) is 43.4 Å². The van der Waals surface area contributed by atoms with Crippen LogP contribution in [0.1, 0.15) is 0 Å². The fraction of sp³-hybridized carbons (Fsp3) is 0. The lowest BCUT2D eigenvalue weighted by Gasteiger charge is -2.05. The van der Waals surface area contributed by atoms with Crippen LogP contribution in [0.15, 0.2) is 72.8 Å². The number of nitrogens with one attached hydrogen (secondary N) is 1. The molecule has 0 aliphatic rings. The van der Waals surface area contributed by atoms with Crippen LogP contribution in [0.2, 0.25) is 0 Å². The van der Waals surface area contributed by atoms with Crippen molar-refractivity contribution in [3.8, 4) is 0 Å². The van der Waals surface area contributed by atoms with Gasteiger partial charge in [-0.3, -0.25) is 0 Å². The Hall–Kier alpha value is -2.80. The molecule has 0 saturated heterocycles. The number of aromatic amines is 1. The maximum Gasteiger partial charge on any atom is 0.0471 e. The summed E-state index contributed by atoms with van der Waals surface area (Å²) in [7, 11) is 0. The Bertz CT molecular complexity index is 1130. The van der Waals surface area contributed by atoms with Gasteiger partial charge in [0.2, 0.25) is 0 Å². The number of hydrogen-bond donors (Lipinski definition) is 1. The third kappa shape index (κ3) is 1.40. The average molecular weight is 267 g/mol. The van der Waals surface area contributed by atoms with Crippen molar-refractivity contribution in [2.45, 2.75) is 0 Å². The van der Waals surface area contributed by atoms with Crippen molar-refractivity contribution >= 4 is 43.4 Å². The van der Waals surface area contributed by atoms with E-state index in [1.54, 1.807) is 0 Å². The zero-order valence-electron chi connectivity index (χ0n) is 11.4. The second kappa shape index (κ2) is 3.86. The number of aromatic nitrogens is 1. The number of H-pyrrole nitrogens is 1. The molecule has 0 spiro atoms. The van der Waals surface area contributed by atoms with Gasteiger partial charge in [0.15, 0.2) is 0 Å². The van der Waals surface area contributed by atoms with Crippen molar-refractivity contribution in [2.75, 3.05) is 0 Å². The first kappa shape index (κ1) is 10.9. The van der Waals surface area contributed by atoms with Gasteiger partial charge in [-0.1, -0.05) is 60.7 Å². The Kier molecular flexibility index (Phi) is 2.01. The summed E-state index contributed by atoms with van der Waals surface area (Å²) < 4.78 is 0. The molecule has 5 aromatic rings. The summed E-state index contributed by atoms with van der Waals surface area (Å²) in [6.45, 7) is 0. The molecule has 5 rings (SSSR count). The first-order valence-electron chi connectivity index (χ1n) is 7.23. The zero-order valence-corrected chi connectivity index (χ0v) is 11.4. The zero-order chi connectivity index (χ0) is 13.8. The Balaban J connectivity index is 2.11. The highest BCUT2D eigenvalue weighted by Crippen LogP contribution is 2.35. The lowest BCUT2D eigenvalue weighted by atomic mass is 9.98. The summed E-state index contributed by atoms with van der Waals surface area (Å²) in [5.41, 5.74) is 2.41. The molecule has 1 N–H and O–H groups in total. The van der Waals surface area contributed by atoms with Crippen LogP contribution in [0.3, 0.4) is 0 Å². The predicted octanol–water partition coefficient (Wildman–Crippen LogP) is 5.63. The molecule has 1 aromatic heterocycles. The minimum atomic E-state index is 1.20. The van der Waals surface area contributed by atoms with Crippen LogP contribution >= 0.6 is 0 Å². The Labute approximate surface area is 121 Å². The van der Waals surface area contributed by atoms with Gasteiger partial charge in [-0.05, 0) is 33.7 Å². The van der Waals surface area contributed by atoms with E-state index in [-0.39, 0.29) is 0 Å². The van der Waals surface area contributed by atoms with Gasteiger partial charge in [0.1, 0.15) is 0 Å². The lowest BCUT2D eigenvalue weighted by molar-refractivity contribution is 1.55. The highest BCUT2D eigenvalue weighted by Gasteiger charge is 2.09. The normalized spacial score (nSPS) is 11.8. The second-order valence-electron chi connectivity index (χ2n) is 5.54. The molecular weight excluding hydrogens is 254 g/mol. The monoisotopic (exact) mass is 267 g/mol. The number of benzene rings is 4. The van der Waals surface area contributed by atoms with E-state index < -0.39 is 0 Å². The van der Waals surface area contributed by atoms with Gasteiger partial charge in [0, 0.05) is 21.8 Å². The third-order valence-electron chi connectivity index (χ3n) is 4.39. The molecular formula is C20H13N. The van der Waals surface area contributed by atoms with Crippen LogP contribution in [0, 0.1) is 0 Å². The Morgan fingerprint density at radius 3 is 2.19 bits per heavy atom. The van der Waals surface area contributed by atoms with Crippen molar-refractivity contribution in [3.05, 3.63) is 72.8 Å². The smallest absolute Gasteiger partial charge is 0.0471 e. The second-order valence-corrected chi connectivity index (χ2v) is 5.54. The summed E-state index contributed by atoms with van der Waals surface area (Å²) in [6.07, 6.45) is 0. The SMILES string of the molecule is c1ccc2c(c1)ccc1c2ccc2[nH]c3ccccc3c21. The molecule has 0 bridgehead atoms. The van der Waals surface area contributed by atoms with Gasteiger partial charge in [0.05, 0.1) is 0 Å². The van der Waals surface area contributed by atoms with E-state index in [4.69, 9.17) is 0 Å².